The van der Waals surface area contributed by atoms with E-state index < -0.39 is 11.7 Å². The number of nitrogens with one attached hydrogen (secondary N) is 1. The average Bonchev–Trinajstić information content (AvgIpc) is 3.02. The van der Waals surface area contributed by atoms with Gasteiger partial charge < -0.3 is 5.32 Å². The Kier molecular flexibility index (Phi) is 3.39. The Bertz CT molecular complexity index is 659. The Morgan fingerprint density at radius 3 is 2.76 bits per heavy atom. The van der Waals surface area contributed by atoms with Crippen LogP contribution in [0, 0.1) is 0 Å². The van der Waals surface area contributed by atoms with Gasteiger partial charge in [0.1, 0.15) is 5.82 Å². The maximum absolute atomic E-state index is 13.2. The van der Waals surface area contributed by atoms with Crippen LogP contribution in [0.2, 0.25) is 0 Å². The number of hydrogen-bond acceptors (Lipinski definition) is 2. The van der Waals surface area contributed by atoms with Gasteiger partial charge in [0, 0.05) is 12.1 Å². The Labute approximate surface area is 120 Å². The first-order chi connectivity index (χ1) is 10.0. The summed E-state index contributed by atoms with van der Waals surface area (Å²) in [5, 5.41) is 7.58. The monoisotopic (exact) mass is 295 g/mol. The van der Waals surface area contributed by atoms with Crippen LogP contribution in [0.15, 0.2) is 24.3 Å². The van der Waals surface area contributed by atoms with Crippen LogP contribution in [0.5, 0.6) is 0 Å². The molecule has 0 aliphatic carbocycles. The third-order valence-corrected chi connectivity index (χ3v) is 3.66. The fourth-order valence-electron chi connectivity index (χ4n) is 2.76. The third-order valence-electron chi connectivity index (χ3n) is 3.66. The predicted octanol–water partition coefficient (Wildman–Crippen LogP) is 3.81. The lowest BCUT2D eigenvalue weighted by molar-refractivity contribution is -0.137. The van der Waals surface area contributed by atoms with Gasteiger partial charge in [-0.05, 0) is 25.0 Å². The summed E-state index contributed by atoms with van der Waals surface area (Å²) in [5.74, 6) is 0.704. The molecular formula is C15H16F3N3. The fraction of sp³-hybridized carbons (Fsp3) is 0.400. The first-order valence-electron chi connectivity index (χ1n) is 7.03. The van der Waals surface area contributed by atoms with Gasteiger partial charge in [-0.3, -0.25) is 0 Å². The van der Waals surface area contributed by atoms with Crippen LogP contribution in [0.3, 0.4) is 0 Å². The molecule has 1 aliphatic heterocycles. The molecule has 0 atom stereocenters. The van der Waals surface area contributed by atoms with Gasteiger partial charge in [0.15, 0.2) is 0 Å². The van der Waals surface area contributed by atoms with E-state index in [1.54, 1.807) is 6.07 Å². The molecule has 1 N–H and O–H groups in total. The first-order valence-corrected chi connectivity index (χ1v) is 7.03. The second kappa shape index (κ2) is 5.09. The topological polar surface area (TPSA) is 29.9 Å². The highest BCUT2D eigenvalue weighted by atomic mass is 19.4. The molecule has 0 unspecified atom stereocenters. The zero-order valence-electron chi connectivity index (χ0n) is 11.7. The van der Waals surface area contributed by atoms with Gasteiger partial charge >= 0.3 is 6.18 Å². The van der Waals surface area contributed by atoms with Crippen molar-refractivity contribution in [2.75, 3.05) is 11.9 Å². The lowest BCUT2D eigenvalue weighted by atomic mass is 10.1. The van der Waals surface area contributed by atoms with E-state index in [1.165, 1.54) is 16.8 Å². The number of halogens is 3. The summed E-state index contributed by atoms with van der Waals surface area (Å²) in [6.07, 6.45) is -1.87. The number of fused-ring (bicyclic) bond motifs is 1. The van der Waals surface area contributed by atoms with E-state index in [0.717, 1.165) is 43.1 Å². The highest BCUT2D eigenvalue weighted by Gasteiger charge is 2.35. The van der Waals surface area contributed by atoms with E-state index >= 15 is 0 Å². The van der Waals surface area contributed by atoms with Crippen molar-refractivity contribution in [1.82, 2.24) is 9.78 Å². The van der Waals surface area contributed by atoms with E-state index in [4.69, 9.17) is 0 Å². The number of rotatable bonds is 3. The standard InChI is InChI=1S/C15H16F3N3/c1-2-5-12-10-8-9-19-14(10)21(20-12)13-7-4-3-6-11(13)15(16,17)18/h3-4,6-7,19H,2,5,8-9H2,1H3. The van der Waals surface area contributed by atoms with Crippen molar-refractivity contribution in [3.63, 3.8) is 0 Å². The summed E-state index contributed by atoms with van der Waals surface area (Å²) < 4.78 is 41.0. The molecule has 21 heavy (non-hydrogen) atoms. The minimum atomic E-state index is -4.39. The van der Waals surface area contributed by atoms with Gasteiger partial charge in [-0.2, -0.15) is 18.3 Å². The smallest absolute Gasteiger partial charge is 0.369 e. The van der Waals surface area contributed by atoms with Gasteiger partial charge in [0.05, 0.1) is 16.9 Å². The van der Waals surface area contributed by atoms with Gasteiger partial charge in [0.2, 0.25) is 0 Å². The van der Waals surface area contributed by atoms with Crippen LogP contribution in [0.1, 0.15) is 30.2 Å². The molecule has 1 aliphatic rings. The summed E-state index contributed by atoms with van der Waals surface area (Å²) in [5.41, 5.74) is 1.37. The van der Waals surface area contributed by atoms with Crippen molar-refractivity contribution < 1.29 is 13.2 Å². The van der Waals surface area contributed by atoms with Crippen LogP contribution < -0.4 is 5.32 Å². The van der Waals surface area contributed by atoms with Crippen molar-refractivity contribution in [1.29, 1.82) is 0 Å². The maximum Gasteiger partial charge on any atom is 0.418 e. The number of para-hydroxylation sites is 1. The van der Waals surface area contributed by atoms with Crippen molar-refractivity contribution in [3.8, 4) is 5.69 Å². The Balaban J connectivity index is 2.16. The molecule has 0 fully saturated rings. The Morgan fingerprint density at radius 2 is 2.05 bits per heavy atom. The van der Waals surface area contributed by atoms with Gasteiger partial charge in [-0.1, -0.05) is 25.5 Å². The molecule has 1 aromatic heterocycles. The molecule has 2 aromatic rings. The lowest BCUT2D eigenvalue weighted by Gasteiger charge is -2.14. The van der Waals surface area contributed by atoms with E-state index in [2.05, 4.69) is 10.4 Å². The maximum atomic E-state index is 13.2. The summed E-state index contributed by atoms with van der Waals surface area (Å²) in [4.78, 5) is 0. The van der Waals surface area contributed by atoms with E-state index in [0.29, 0.717) is 5.82 Å². The number of aryl methyl sites for hydroxylation is 1. The summed E-state index contributed by atoms with van der Waals surface area (Å²) in [6, 6.07) is 5.56. The van der Waals surface area contributed by atoms with Crippen LogP contribution >= 0.6 is 0 Å². The normalized spacial score (nSPS) is 14.1. The molecule has 2 heterocycles. The summed E-state index contributed by atoms with van der Waals surface area (Å²) >= 11 is 0. The molecule has 0 bridgehead atoms. The van der Waals surface area contributed by atoms with Crippen LogP contribution in [0.25, 0.3) is 5.69 Å². The van der Waals surface area contributed by atoms with Crippen molar-refractivity contribution in [2.24, 2.45) is 0 Å². The second-order valence-corrected chi connectivity index (χ2v) is 5.13. The van der Waals surface area contributed by atoms with Crippen molar-refractivity contribution >= 4 is 5.82 Å². The Hall–Kier alpha value is -1.98. The number of nitrogens with zero attached hydrogens (tertiary/aromatic N) is 2. The molecule has 0 saturated heterocycles. The molecule has 0 spiro atoms. The van der Waals surface area contributed by atoms with Crippen molar-refractivity contribution in [2.45, 2.75) is 32.4 Å². The molecule has 6 heteroatoms. The molecule has 0 amide bonds. The minimum absolute atomic E-state index is 0.0815. The lowest BCUT2D eigenvalue weighted by Crippen LogP contribution is -2.13. The van der Waals surface area contributed by atoms with E-state index in [9.17, 15) is 13.2 Å². The highest BCUT2D eigenvalue weighted by Crippen LogP contribution is 2.36. The fourth-order valence-corrected chi connectivity index (χ4v) is 2.76. The van der Waals surface area contributed by atoms with E-state index in [1.807, 2.05) is 6.92 Å². The second-order valence-electron chi connectivity index (χ2n) is 5.13. The van der Waals surface area contributed by atoms with Crippen LogP contribution in [-0.2, 0) is 19.0 Å². The van der Waals surface area contributed by atoms with Crippen molar-refractivity contribution in [3.05, 3.63) is 41.1 Å². The molecule has 3 nitrogen and oxygen atoms in total. The average molecular weight is 295 g/mol. The molecular weight excluding hydrogens is 279 g/mol. The van der Waals surface area contributed by atoms with Gasteiger partial charge in [0.25, 0.3) is 0 Å². The number of alkyl halides is 3. The minimum Gasteiger partial charge on any atom is -0.369 e. The summed E-state index contributed by atoms with van der Waals surface area (Å²) in [6.45, 7) is 2.79. The molecule has 112 valence electrons. The predicted molar refractivity (Wildman–Crippen MR) is 74.8 cm³/mol. The summed E-state index contributed by atoms with van der Waals surface area (Å²) in [7, 11) is 0. The zero-order chi connectivity index (χ0) is 15.0. The first kappa shape index (κ1) is 14.0. The third kappa shape index (κ3) is 2.39. The van der Waals surface area contributed by atoms with E-state index in [-0.39, 0.29) is 5.69 Å². The quantitative estimate of drug-likeness (QED) is 0.933. The molecule has 0 radical (unpaired) electrons. The van der Waals surface area contributed by atoms with Gasteiger partial charge in [-0.25, -0.2) is 4.68 Å². The number of benzene rings is 1. The molecule has 1 aromatic carbocycles. The zero-order valence-corrected chi connectivity index (χ0v) is 11.7. The Morgan fingerprint density at radius 1 is 1.29 bits per heavy atom. The highest BCUT2D eigenvalue weighted by molar-refractivity contribution is 5.58. The van der Waals surface area contributed by atoms with Crippen LogP contribution in [0.4, 0.5) is 19.0 Å². The number of anilines is 1. The SMILES string of the molecule is CCCc1nn(-c2ccccc2C(F)(F)F)c2c1CCN2. The van der Waals surface area contributed by atoms with Gasteiger partial charge in [-0.15, -0.1) is 0 Å². The largest absolute Gasteiger partial charge is 0.418 e. The number of aromatic nitrogens is 2. The molecule has 0 saturated carbocycles. The van der Waals surface area contributed by atoms with Crippen LogP contribution in [-0.4, -0.2) is 16.3 Å². The number of hydrogen-bond donors (Lipinski definition) is 1. The molecule has 3 rings (SSSR count).